The van der Waals surface area contributed by atoms with Crippen molar-refractivity contribution in [2.45, 2.75) is 88.4 Å². The molecule has 36 heavy (non-hydrogen) atoms. The van der Waals surface area contributed by atoms with Crippen molar-refractivity contribution in [1.82, 2.24) is 14.9 Å². The molecule has 1 aromatic carbocycles. The molecule has 0 unspecified atom stereocenters. The highest BCUT2D eigenvalue weighted by atomic mass is 19.4. The largest absolute Gasteiger partial charge is 0.490 e. The Morgan fingerprint density at radius 1 is 1.17 bits per heavy atom. The van der Waals surface area contributed by atoms with Crippen LogP contribution in [0.2, 0.25) is 0 Å². The number of hydrogen-bond donors (Lipinski definition) is 3. The summed E-state index contributed by atoms with van der Waals surface area (Å²) < 4.78 is 61.0. The van der Waals surface area contributed by atoms with Gasteiger partial charge in [-0.15, -0.1) is 0 Å². The number of fused-ring (bicyclic) bond motifs is 1. The number of aliphatic hydroxyl groups excluding tert-OH is 1. The van der Waals surface area contributed by atoms with E-state index in [0.717, 1.165) is 44.5 Å². The number of anilines is 3. The molecule has 0 amide bonds. The second-order valence-corrected chi connectivity index (χ2v) is 10.7. The SMILES string of the molecule is CC1(C)CC[C@@H]2C[C@@H](Nc3nc(Nc4ccc(OC5CC(O)C5)c(C(F)(F)F)c4)ncc3F)CCN21. The van der Waals surface area contributed by atoms with Crippen molar-refractivity contribution < 1.29 is 27.4 Å². The van der Waals surface area contributed by atoms with Crippen molar-refractivity contribution >= 4 is 17.5 Å². The van der Waals surface area contributed by atoms with Gasteiger partial charge in [0.25, 0.3) is 0 Å². The quantitative estimate of drug-likeness (QED) is 0.468. The molecule has 2 aliphatic heterocycles. The van der Waals surface area contributed by atoms with Crippen LogP contribution in [0.3, 0.4) is 0 Å². The molecule has 196 valence electrons. The number of piperidine rings is 1. The Hall–Kier alpha value is -2.66. The van der Waals surface area contributed by atoms with Gasteiger partial charge in [-0.1, -0.05) is 0 Å². The first-order chi connectivity index (χ1) is 17.0. The number of nitrogens with zero attached hydrogens (tertiary/aromatic N) is 3. The van der Waals surface area contributed by atoms with Gasteiger partial charge in [-0.25, -0.2) is 9.37 Å². The molecule has 3 aliphatic rings. The van der Waals surface area contributed by atoms with E-state index in [2.05, 4.69) is 39.3 Å². The zero-order valence-electron chi connectivity index (χ0n) is 20.3. The molecule has 3 fully saturated rings. The maximum absolute atomic E-state index is 14.5. The third-order valence-corrected chi connectivity index (χ3v) is 7.57. The molecule has 7 nitrogen and oxygen atoms in total. The number of halogens is 4. The average Bonchev–Trinajstić information content (AvgIpc) is 3.09. The van der Waals surface area contributed by atoms with Crippen LogP contribution in [0, 0.1) is 5.82 Å². The molecule has 0 bridgehead atoms. The zero-order chi connectivity index (χ0) is 25.7. The molecule has 1 saturated carbocycles. The molecule has 2 aromatic rings. The third-order valence-electron chi connectivity index (χ3n) is 7.57. The third kappa shape index (κ3) is 5.22. The summed E-state index contributed by atoms with van der Waals surface area (Å²) in [6.45, 7) is 5.42. The first-order valence-electron chi connectivity index (χ1n) is 12.4. The van der Waals surface area contributed by atoms with E-state index < -0.39 is 29.8 Å². The summed E-state index contributed by atoms with van der Waals surface area (Å²) in [5.74, 6) is -0.893. The fourth-order valence-electron chi connectivity index (χ4n) is 5.51. The minimum absolute atomic E-state index is 0.0118. The van der Waals surface area contributed by atoms with Gasteiger partial charge in [0, 0.05) is 42.7 Å². The summed E-state index contributed by atoms with van der Waals surface area (Å²) in [7, 11) is 0. The van der Waals surface area contributed by atoms with Crippen molar-refractivity contribution in [3.63, 3.8) is 0 Å². The van der Waals surface area contributed by atoms with Crippen LogP contribution >= 0.6 is 0 Å². The summed E-state index contributed by atoms with van der Waals surface area (Å²) in [5, 5.41) is 15.3. The van der Waals surface area contributed by atoms with E-state index in [9.17, 15) is 22.7 Å². The molecule has 5 rings (SSSR count). The standard InChI is InChI=1S/C25H31F4N5O2/c1-24(2)7-5-16-9-15(6-8-34(16)24)31-22-20(26)13-30-23(33-22)32-14-3-4-21(19(10-14)25(27,28)29)36-18-11-17(35)12-18/h3-4,10,13,15-18,35H,5-9,11-12H2,1-2H3,(H2,30,31,32,33)/t15-,16+,17?,18?/m0/s1. The molecule has 0 radical (unpaired) electrons. The van der Waals surface area contributed by atoms with E-state index in [1.807, 2.05) is 0 Å². The van der Waals surface area contributed by atoms with Gasteiger partial charge in [0.15, 0.2) is 11.6 Å². The summed E-state index contributed by atoms with van der Waals surface area (Å²) in [6, 6.07) is 4.07. The van der Waals surface area contributed by atoms with Crippen LogP contribution in [0.1, 0.15) is 57.9 Å². The Morgan fingerprint density at radius 2 is 1.94 bits per heavy atom. The molecule has 2 atom stereocenters. The molecule has 1 aromatic heterocycles. The molecule has 3 heterocycles. The lowest BCUT2D eigenvalue weighted by Crippen LogP contribution is -2.50. The number of ether oxygens (including phenoxy) is 1. The highest BCUT2D eigenvalue weighted by Gasteiger charge is 2.42. The number of benzene rings is 1. The summed E-state index contributed by atoms with van der Waals surface area (Å²) >= 11 is 0. The summed E-state index contributed by atoms with van der Waals surface area (Å²) in [6.07, 6.45) is -0.0608. The number of aliphatic hydroxyl groups is 1. The lowest BCUT2D eigenvalue weighted by molar-refractivity contribution is -0.140. The van der Waals surface area contributed by atoms with Crippen molar-refractivity contribution in [3.05, 3.63) is 35.8 Å². The van der Waals surface area contributed by atoms with Crippen molar-refractivity contribution in [2.24, 2.45) is 0 Å². The minimum Gasteiger partial charge on any atom is -0.490 e. The van der Waals surface area contributed by atoms with Crippen LogP contribution in [0.5, 0.6) is 5.75 Å². The lowest BCUT2D eigenvalue weighted by Gasteiger charge is -2.42. The van der Waals surface area contributed by atoms with Crippen LogP contribution < -0.4 is 15.4 Å². The maximum Gasteiger partial charge on any atom is 0.420 e. The van der Waals surface area contributed by atoms with Crippen molar-refractivity contribution in [1.29, 1.82) is 0 Å². The number of nitrogens with one attached hydrogen (secondary N) is 2. The fraction of sp³-hybridized carbons (Fsp3) is 0.600. The van der Waals surface area contributed by atoms with E-state index in [-0.39, 0.29) is 34.8 Å². The first-order valence-corrected chi connectivity index (χ1v) is 12.4. The summed E-state index contributed by atoms with van der Waals surface area (Å²) in [5.41, 5.74) is -0.662. The number of alkyl halides is 3. The lowest BCUT2D eigenvalue weighted by atomic mass is 9.92. The van der Waals surface area contributed by atoms with Gasteiger partial charge in [0.05, 0.1) is 17.9 Å². The Balaban J connectivity index is 1.28. The van der Waals surface area contributed by atoms with E-state index in [0.29, 0.717) is 18.9 Å². The van der Waals surface area contributed by atoms with Gasteiger partial charge < -0.3 is 20.5 Å². The Labute approximate surface area is 207 Å². The Kier molecular flexibility index (Phi) is 6.48. The van der Waals surface area contributed by atoms with Crippen molar-refractivity contribution in [3.8, 4) is 5.75 Å². The predicted octanol–water partition coefficient (Wildman–Crippen LogP) is 5.10. The average molecular weight is 510 g/mol. The summed E-state index contributed by atoms with van der Waals surface area (Å²) in [4.78, 5) is 10.6. The van der Waals surface area contributed by atoms with Crippen LogP contribution in [0.4, 0.5) is 35.0 Å². The maximum atomic E-state index is 14.5. The first kappa shape index (κ1) is 25.0. The van der Waals surface area contributed by atoms with E-state index >= 15 is 0 Å². The topological polar surface area (TPSA) is 82.5 Å². The monoisotopic (exact) mass is 509 g/mol. The highest BCUT2D eigenvalue weighted by Crippen LogP contribution is 2.41. The molecule has 1 aliphatic carbocycles. The minimum atomic E-state index is -4.64. The molecule has 11 heteroatoms. The van der Waals surface area contributed by atoms with Crippen LogP contribution in [-0.4, -0.2) is 56.3 Å². The molecular formula is C25H31F4N5O2. The van der Waals surface area contributed by atoms with E-state index in [4.69, 9.17) is 4.74 Å². The normalized spacial score (nSPS) is 27.8. The second kappa shape index (κ2) is 9.33. The smallest absolute Gasteiger partial charge is 0.420 e. The van der Waals surface area contributed by atoms with Crippen molar-refractivity contribution in [2.75, 3.05) is 17.2 Å². The number of aromatic nitrogens is 2. The molecule has 0 spiro atoms. The molecular weight excluding hydrogens is 478 g/mol. The van der Waals surface area contributed by atoms with Gasteiger partial charge in [0.1, 0.15) is 11.9 Å². The van der Waals surface area contributed by atoms with Crippen LogP contribution in [0.25, 0.3) is 0 Å². The van der Waals surface area contributed by atoms with Gasteiger partial charge in [-0.2, -0.15) is 18.2 Å². The van der Waals surface area contributed by atoms with Gasteiger partial charge in [-0.05, 0) is 57.7 Å². The molecule has 2 saturated heterocycles. The molecule has 3 N–H and O–H groups in total. The fourth-order valence-corrected chi connectivity index (χ4v) is 5.51. The number of hydrogen-bond acceptors (Lipinski definition) is 7. The Bertz CT molecular complexity index is 1110. The predicted molar refractivity (Wildman–Crippen MR) is 127 cm³/mol. The van der Waals surface area contributed by atoms with Gasteiger partial charge >= 0.3 is 6.18 Å². The highest BCUT2D eigenvalue weighted by molar-refractivity contribution is 5.59. The zero-order valence-corrected chi connectivity index (χ0v) is 20.3. The van der Waals surface area contributed by atoms with Crippen LogP contribution in [-0.2, 0) is 6.18 Å². The van der Waals surface area contributed by atoms with Gasteiger partial charge in [-0.3, -0.25) is 4.90 Å². The van der Waals surface area contributed by atoms with E-state index in [1.54, 1.807) is 0 Å². The van der Waals surface area contributed by atoms with E-state index in [1.165, 1.54) is 12.1 Å². The second-order valence-electron chi connectivity index (χ2n) is 10.7. The number of rotatable bonds is 6. The van der Waals surface area contributed by atoms with Crippen LogP contribution in [0.15, 0.2) is 24.4 Å². The Morgan fingerprint density at radius 3 is 2.67 bits per heavy atom. The van der Waals surface area contributed by atoms with Gasteiger partial charge in [0.2, 0.25) is 5.95 Å².